The second kappa shape index (κ2) is 6.51. The van der Waals surface area contributed by atoms with Crippen LogP contribution in [0.4, 0.5) is 23.7 Å². The van der Waals surface area contributed by atoms with Gasteiger partial charge >= 0.3 is 12.4 Å². The van der Waals surface area contributed by atoms with Crippen LogP contribution in [0.25, 0.3) is 11.1 Å². The molecule has 1 aliphatic rings. The number of imide groups is 2. The molecule has 0 unspecified atom stereocenters. The highest BCUT2D eigenvalue weighted by Gasteiger charge is 2.37. The molecular formula is C17H11F3N2O4. The second-order valence-electron chi connectivity index (χ2n) is 5.32. The van der Waals surface area contributed by atoms with E-state index in [0.29, 0.717) is 10.5 Å². The Morgan fingerprint density at radius 3 is 2.27 bits per heavy atom. The lowest BCUT2D eigenvalue weighted by Gasteiger charge is -2.27. The number of benzene rings is 2. The van der Waals surface area contributed by atoms with Gasteiger partial charge in [-0.15, -0.1) is 13.2 Å². The molecule has 0 aromatic heterocycles. The van der Waals surface area contributed by atoms with Gasteiger partial charge < -0.3 is 4.74 Å². The number of barbiturate groups is 1. The standard InChI is InChI=1S/C17H11F3N2O4/c18-17(19,20)26-12-8-4-7-11(15(12)10-5-2-1-3-6-10)22-14(24)9-13(23)21-16(22)25/h1-8H,9H2,(H,21,23,25). The molecule has 0 atom stereocenters. The topological polar surface area (TPSA) is 75.7 Å². The van der Waals surface area contributed by atoms with Crippen molar-refractivity contribution in [3.63, 3.8) is 0 Å². The number of rotatable bonds is 3. The van der Waals surface area contributed by atoms with E-state index < -0.39 is 36.4 Å². The fourth-order valence-corrected chi connectivity index (χ4v) is 2.60. The molecular weight excluding hydrogens is 353 g/mol. The van der Waals surface area contributed by atoms with Gasteiger partial charge in [0.1, 0.15) is 12.2 Å². The predicted molar refractivity (Wildman–Crippen MR) is 84.2 cm³/mol. The number of ether oxygens (including phenoxy) is 1. The predicted octanol–water partition coefficient (Wildman–Crippen LogP) is 3.23. The number of nitrogens with one attached hydrogen (secondary N) is 1. The average Bonchev–Trinajstić information content (AvgIpc) is 2.53. The molecule has 1 heterocycles. The van der Waals surface area contributed by atoms with Gasteiger partial charge in [-0.25, -0.2) is 9.69 Å². The smallest absolute Gasteiger partial charge is 0.405 e. The summed E-state index contributed by atoms with van der Waals surface area (Å²) in [6.45, 7) is 0. The van der Waals surface area contributed by atoms with E-state index in [-0.39, 0.29) is 11.3 Å². The fraction of sp³-hybridized carbons (Fsp3) is 0.118. The van der Waals surface area contributed by atoms with Crippen LogP contribution in [-0.2, 0) is 9.59 Å². The van der Waals surface area contributed by atoms with E-state index in [4.69, 9.17) is 0 Å². The number of amides is 4. The monoisotopic (exact) mass is 364 g/mol. The molecule has 0 saturated carbocycles. The summed E-state index contributed by atoms with van der Waals surface area (Å²) in [5.74, 6) is -2.20. The lowest BCUT2D eigenvalue weighted by atomic mass is 10.0. The number of hydrogen-bond donors (Lipinski definition) is 1. The van der Waals surface area contributed by atoms with E-state index >= 15 is 0 Å². The lowest BCUT2D eigenvalue weighted by molar-refractivity contribution is -0.274. The lowest BCUT2D eigenvalue weighted by Crippen LogP contribution is -2.53. The first-order valence-corrected chi connectivity index (χ1v) is 7.37. The molecule has 1 fully saturated rings. The molecule has 4 amide bonds. The molecule has 2 aromatic rings. The van der Waals surface area contributed by atoms with E-state index in [1.54, 1.807) is 18.2 Å². The third-order valence-corrected chi connectivity index (χ3v) is 3.54. The fourth-order valence-electron chi connectivity index (χ4n) is 2.60. The molecule has 26 heavy (non-hydrogen) atoms. The summed E-state index contributed by atoms with van der Waals surface area (Å²) in [6.07, 6.45) is -5.56. The first-order valence-electron chi connectivity index (χ1n) is 7.37. The number of alkyl halides is 3. The molecule has 134 valence electrons. The zero-order chi connectivity index (χ0) is 18.9. The van der Waals surface area contributed by atoms with Gasteiger partial charge in [0.25, 0.3) is 0 Å². The Kier molecular flexibility index (Phi) is 4.37. The number of anilines is 1. The highest BCUT2D eigenvalue weighted by atomic mass is 19.4. The van der Waals surface area contributed by atoms with Crippen molar-refractivity contribution in [2.45, 2.75) is 12.8 Å². The van der Waals surface area contributed by atoms with Crippen LogP contribution in [0.1, 0.15) is 6.42 Å². The zero-order valence-corrected chi connectivity index (χ0v) is 13.0. The quantitative estimate of drug-likeness (QED) is 0.849. The largest absolute Gasteiger partial charge is 0.573 e. The summed E-state index contributed by atoms with van der Waals surface area (Å²) in [6, 6.07) is 10.4. The first kappa shape index (κ1) is 17.5. The minimum Gasteiger partial charge on any atom is -0.405 e. The van der Waals surface area contributed by atoms with Crippen molar-refractivity contribution in [3.8, 4) is 16.9 Å². The molecule has 1 N–H and O–H groups in total. The summed E-state index contributed by atoms with van der Waals surface area (Å²) in [7, 11) is 0. The van der Waals surface area contributed by atoms with Gasteiger partial charge in [0.15, 0.2) is 0 Å². The summed E-state index contributed by atoms with van der Waals surface area (Å²) in [4.78, 5) is 36.2. The zero-order valence-electron chi connectivity index (χ0n) is 13.0. The van der Waals surface area contributed by atoms with E-state index in [1.165, 1.54) is 24.3 Å². The maximum atomic E-state index is 12.8. The van der Waals surface area contributed by atoms with Crippen LogP contribution < -0.4 is 15.0 Å². The van der Waals surface area contributed by atoms with Crippen molar-refractivity contribution in [1.29, 1.82) is 0 Å². The van der Waals surface area contributed by atoms with Crippen LogP contribution >= 0.6 is 0 Å². The summed E-state index contributed by atoms with van der Waals surface area (Å²) in [5.41, 5.74) is 0.0936. The first-order chi connectivity index (χ1) is 12.3. The number of nitrogens with zero attached hydrogens (tertiary/aromatic N) is 1. The molecule has 1 saturated heterocycles. The Bertz CT molecular complexity index is 861. The second-order valence-corrected chi connectivity index (χ2v) is 5.32. The SMILES string of the molecule is O=C1CC(=O)N(c2cccc(OC(F)(F)F)c2-c2ccccc2)C(=O)N1. The number of carbonyl (C=O) groups is 3. The van der Waals surface area contributed by atoms with Gasteiger partial charge in [-0.3, -0.25) is 14.9 Å². The normalized spacial score (nSPS) is 15.0. The minimum absolute atomic E-state index is 0.0942. The van der Waals surface area contributed by atoms with Crippen molar-refractivity contribution in [2.24, 2.45) is 0 Å². The number of carbonyl (C=O) groups excluding carboxylic acids is 3. The summed E-state index contributed by atoms with van der Waals surface area (Å²) < 4.78 is 42.4. The Balaban J connectivity index is 2.19. The molecule has 2 aromatic carbocycles. The van der Waals surface area contributed by atoms with Gasteiger partial charge in [-0.2, -0.15) is 0 Å². The van der Waals surface area contributed by atoms with E-state index in [1.807, 2.05) is 5.32 Å². The summed E-state index contributed by atoms with van der Waals surface area (Å²) in [5, 5.41) is 1.97. The van der Waals surface area contributed by atoms with Crippen molar-refractivity contribution in [3.05, 3.63) is 48.5 Å². The van der Waals surface area contributed by atoms with Crippen molar-refractivity contribution >= 4 is 23.5 Å². The molecule has 0 aliphatic carbocycles. The number of hydrogen-bond acceptors (Lipinski definition) is 4. The van der Waals surface area contributed by atoms with Gasteiger partial charge in [0.2, 0.25) is 11.8 Å². The van der Waals surface area contributed by atoms with Gasteiger partial charge in [-0.05, 0) is 17.7 Å². The molecule has 9 heteroatoms. The molecule has 0 radical (unpaired) electrons. The highest BCUT2D eigenvalue weighted by molar-refractivity contribution is 6.27. The Labute approximate surface area is 145 Å². The van der Waals surface area contributed by atoms with Crippen LogP contribution in [-0.4, -0.2) is 24.2 Å². The van der Waals surface area contributed by atoms with Crippen LogP contribution in [0.15, 0.2) is 48.5 Å². The highest BCUT2D eigenvalue weighted by Crippen LogP contribution is 2.41. The van der Waals surface area contributed by atoms with Gasteiger partial charge in [0.05, 0.1) is 5.69 Å². The third-order valence-electron chi connectivity index (χ3n) is 3.54. The average molecular weight is 364 g/mol. The molecule has 6 nitrogen and oxygen atoms in total. The minimum atomic E-state index is -4.97. The molecule has 1 aliphatic heterocycles. The van der Waals surface area contributed by atoms with Crippen molar-refractivity contribution < 1.29 is 32.3 Å². The van der Waals surface area contributed by atoms with Gasteiger partial charge in [-0.1, -0.05) is 36.4 Å². The number of urea groups is 1. The van der Waals surface area contributed by atoms with Crippen molar-refractivity contribution in [2.75, 3.05) is 4.90 Å². The van der Waals surface area contributed by atoms with E-state index in [2.05, 4.69) is 4.74 Å². The third kappa shape index (κ3) is 3.51. The van der Waals surface area contributed by atoms with Crippen LogP contribution in [0.5, 0.6) is 5.75 Å². The molecule has 0 spiro atoms. The molecule has 0 bridgehead atoms. The van der Waals surface area contributed by atoms with Gasteiger partial charge in [0, 0.05) is 5.56 Å². The van der Waals surface area contributed by atoms with E-state index in [9.17, 15) is 27.6 Å². The Morgan fingerprint density at radius 2 is 1.65 bits per heavy atom. The maximum Gasteiger partial charge on any atom is 0.573 e. The molecule has 3 rings (SSSR count). The van der Waals surface area contributed by atoms with Crippen LogP contribution in [0.3, 0.4) is 0 Å². The number of halogens is 3. The van der Waals surface area contributed by atoms with Crippen LogP contribution in [0, 0.1) is 0 Å². The Hall–Kier alpha value is -3.36. The maximum absolute atomic E-state index is 12.8. The summed E-state index contributed by atoms with van der Waals surface area (Å²) >= 11 is 0. The Morgan fingerprint density at radius 1 is 0.962 bits per heavy atom. The van der Waals surface area contributed by atoms with Crippen molar-refractivity contribution in [1.82, 2.24) is 5.32 Å². The van der Waals surface area contributed by atoms with E-state index in [0.717, 1.165) is 6.07 Å². The van der Waals surface area contributed by atoms with Crippen LogP contribution in [0.2, 0.25) is 0 Å².